The lowest BCUT2D eigenvalue weighted by atomic mass is 10.1. The number of rotatable bonds is 6. The molecule has 0 aliphatic heterocycles. The first-order valence-corrected chi connectivity index (χ1v) is 9.67. The summed E-state index contributed by atoms with van der Waals surface area (Å²) in [4.78, 5) is 23.6. The molecule has 0 atom stereocenters. The van der Waals surface area contributed by atoms with E-state index in [1.165, 1.54) is 38.1 Å². The van der Waals surface area contributed by atoms with Crippen LogP contribution in [0.25, 0.3) is 0 Å². The van der Waals surface area contributed by atoms with Gasteiger partial charge in [0, 0.05) is 11.3 Å². The lowest BCUT2D eigenvalue weighted by Crippen LogP contribution is -2.49. The number of sulfonamides is 1. The zero-order chi connectivity index (χ0) is 20.4. The molecule has 0 aromatic heterocycles. The van der Waals surface area contributed by atoms with Crippen LogP contribution in [0.15, 0.2) is 47.4 Å². The van der Waals surface area contributed by atoms with E-state index < -0.39 is 27.4 Å². The van der Waals surface area contributed by atoms with Crippen LogP contribution < -0.4 is 10.0 Å². The lowest BCUT2D eigenvalue weighted by molar-refractivity contribution is -0.143. The topological polar surface area (TPSA) is 113 Å². The highest BCUT2D eigenvalue weighted by atomic mass is 32.2. The van der Waals surface area contributed by atoms with E-state index in [9.17, 15) is 18.0 Å². The summed E-state index contributed by atoms with van der Waals surface area (Å²) in [6.07, 6.45) is 0. The average molecular weight is 390 g/mol. The van der Waals surface area contributed by atoms with Crippen molar-refractivity contribution in [2.45, 2.75) is 38.1 Å². The summed E-state index contributed by atoms with van der Waals surface area (Å²) >= 11 is 0. The predicted octanol–water partition coefficient (Wildman–Crippen LogP) is 2.70. The van der Waals surface area contributed by atoms with Crippen LogP contribution in [0.5, 0.6) is 0 Å². The van der Waals surface area contributed by atoms with Crippen LogP contribution >= 0.6 is 0 Å². The summed E-state index contributed by atoms with van der Waals surface area (Å²) in [6.45, 7) is 6.22. The normalized spacial score (nSPS) is 11.7. The van der Waals surface area contributed by atoms with Gasteiger partial charge in [-0.1, -0.05) is 18.2 Å². The molecule has 8 heteroatoms. The van der Waals surface area contributed by atoms with Crippen molar-refractivity contribution in [1.29, 1.82) is 0 Å². The zero-order valence-electron chi connectivity index (χ0n) is 15.5. The predicted molar refractivity (Wildman–Crippen MR) is 102 cm³/mol. The van der Waals surface area contributed by atoms with Gasteiger partial charge in [0.15, 0.2) is 0 Å². The van der Waals surface area contributed by atoms with Crippen molar-refractivity contribution >= 4 is 27.6 Å². The van der Waals surface area contributed by atoms with Crippen molar-refractivity contribution in [3.63, 3.8) is 0 Å². The molecule has 1 amide bonds. The van der Waals surface area contributed by atoms with Gasteiger partial charge >= 0.3 is 5.97 Å². The van der Waals surface area contributed by atoms with Gasteiger partial charge in [-0.15, -0.1) is 0 Å². The van der Waals surface area contributed by atoms with Crippen molar-refractivity contribution in [2.24, 2.45) is 0 Å². The number of nitrogens with one attached hydrogen (secondary N) is 2. The SMILES string of the molecule is Cc1ccc(C)c(S(=O)(=O)Nc2cccc(C(=O)NC(C)(C)C(=O)O)c2)c1. The molecule has 7 nitrogen and oxygen atoms in total. The summed E-state index contributed by atoms with van der Waals surface area (Å²) in [5.74, 6) is -1.79. The van der Waals surface area contributed by atoms with E-state index in [2.05, 4.69) is 10.0 Å². The summed E-state index contributed by atoms with van der Waals surface area (Å²) in [7, 11) is -3.83. The number of carboxylic acid groups (broad SMARTS) is 1. The number of carbonyl (C=O) groups is 2. The van der Waals surface area contributed by atoms with Gasteiger partial charge in [-0.25, -0.2) is 13.2 Å². The molecule has 0 saturated heterocycles. The summed E-state index contributed by atoms with van der Waals surface area (Å²) < 4.78 is 27.8. The molecule has 2 aromatic rings. The monoisotopic (exact) mass is 390 g/mol. The van der Waals surface area contributed by atoms with Crippen LogP contribution in [-0.2, 0) is 14.8 Å². The van der Waals surface area contributed by atoms with Crippen molar-refractivity contribution in [3.8, 4) is 0 Å². The molecule has 2 aromatic carbocycles. The Balaban J connectivity index is 2.29. The van der Waals surface area contributed by atoms with Crippen LogP contribution in [0.2, 0.25) is 0 Å². The molecule has 27 heavy (non-hydrogen) atoms. The summed E-state index contributed by atoms with van der Waals surface area (Å²) in [5.41, 5.74) is 0.308. The number of benzene rings is 2. The van der Waals surface area contributed by atoms with Crippen LogP contribution in [0, 0.1) is 13.8 Å². The van der Waals surface area contributed by atoms with Crippen LogP contribution in [0.1, 0.15) is 35.3 Å². The zero-order valence-corrected chi connectivity index (χ0v) is 16.3. The Hall–Kier alpha value is -2.87. The van der Waals surface area contributed by atoms with Gasteiger partial charge in [0.05, 0.1) is 4.90 Å². The number of anilines is 1. The van der Waals surface area contributed by atoms with Gasteiger partial charge in [-0.05, 0) is 63.1 Å². The largest absolute Gasteiger partial charge is 0.480 e. The van der Waals surface area contributed by atoms with Gasteiger partial charge in [-0.2, -0.15) is 0 Å². The van der Waals surface area contributed by atoms with E-state index in [1.54, 1.807) is 26.0 Å². The van der Waals surface area contributed by atoms with Crippen LogP contribution in [0.4, 0.5) is 5.69 Å². The number of aliphatic carboxylic acids is 1. The van der Waals surface area contributed by atoms with Gasteiger partial charge in [0.1, 0.15) is 5.54 Å². The number of hydrogen-bond acceptors (Lipinski definition) is 4. The fourth-order valence-corrected chi connectivity index (χ4v) is 3.72. The van der Waals surface area contributed by atoms with E-state index in [0.29, 0.717) is 5.56 Å². The van der Waals surface area contributed by atoms with Gasteiger partial charge in [0.2, 0.25) is 0 Å². The maximum Gasteiger partial charge on any atom is 0.328 e. The van der Waals surface area contributed by atoms with Gasteiger partial charge in [-0.3, -0.25) is 9.52 Å². The minimum Gasteiger partial charge on any atom is -0.480 e. The Morgan fingerprint density at radius 1 is 1.04 bits per heavy atom. The van der Waals surface area contributed by atoms with E-state index in [1.807, 2.05) is 6.07 Å². The van der Waals surface area contributed by atoms with Crippen molar-refractivity contribution in [1.82, 2.24) is 5.32 Å². The first-order valence-electron chi connectivity index (χ1n) is 8.18. The standard InChI is InChI=1S/C19H22N2O5S/c1-12-8-9-13(2)16(10-12)27(25,26)21-15-7-5-6-14(11-15)17(22)20-19(3,4)18(23)24/h5-11,21H,1-4H3,(H,20,22)(H,23,24). The van der Waals surface area contributed by atoms with Crippen molar-refractivity contribution in [2.75, 3.05) is 4.72 Å². The number of aryl methyl sites for hydroxylation is 2. The highest BCUT2D eigenvalue weighted by molar-refractivity contribution is 7.92. The third-order valence-corrected chi connectivity index (χ3v) is 5.49. The molecule has 2 rings (SSSR count). The second-order valence-electron chi connectivity index (χ2n) is 6.84. The van der Waals surface area contributed by atoms with Gasteiger partial charge in [0.25, 0.3) is 15.9 Å². The van der Waals surface area contributed by atoms with Gasteiger partial charge < -0.3 is 10.4 Å². The molecule has 0 aliphatic carbocycles. The highest BCUT2D eigenvalue weighted by Gasteiger charge is 2.29. The number of hydrogen-bond donors (Lipinski definition) is 3. The van der Waals surface area contributed by atoms with Crippen LogP contribution in [0.3, 0.4) is 0 Å². The number of carbonyl (C=O) groups excluding carboxylic acids is 1. The molecule has 0 radical (unpaired) electrons. The molecule has 0 heterocycles. The molecule has 0 saturated carbocycles. The third-order valence-electron chi connectivity index (χ3n) is 3.97. The molecule has 144 valence electrons. The molecular weight excluding hydrogens is 368 g/mol. The maximum atomic E-state index is 12.7. The third kappa shape index (κ3) is 4.85. The van der Waals surface area contributed by atoms with Crippen molar-refractivity contribution < 1.29 is 23.1 Å². The Bertz CT molecular complexity index is 997. The summed E-state index contributed by atoms with van der Waals surface area (Å²) in [5, 5.41) is 11.5. The minimum absolute atomic E-state index is 0.144. The lowest BCUT2D eigenvalue weighted by Gasteiger charge is -2.21. The Labute approximate surface area is 158 Å². The number of carboxylic acids is 1. The first kappa shape index (κ1) is 20.4. The smallest absolute Gasteiger partial charge is 0.328 e. The quantitative estimate of drug-likeness (QED) is 0.702. The highest BCUT2D eigenvalue weighted by Crippen LogP contribution is 2.21. The fourth-order valence-electron chi connectivity index (χ4n) is 2.34. The fraction of sp³-hybridized carbons (Fsp3) is 0.263. The minimum atomic E-state index is -3.83. The number of amides is 1. The van der Waals surface area contributed by atoms with E-state index >= 15 is 0 Å². The molecule has 0 fully saturated rings. The average Bonchev–Trinajstić information content (AvgIpc) is 2.56. The molecule has 0 aliphatic rings. The Kier molecular flexibility index (Phi) is 5.60. The Morgan fingerprint density at radius 3 is 2.33 bits per heavy atom. The summed E-state index contributed by atoms with van der Waals surface area (Å²) in [6, 6.07) is 11.0. The van der Waals surface area contributed by atoms with E-state index in [-0.39, 0.29) is 16.1 Å². The molecular formula is C19H22N2O5S. The second-order valence-corrected chi connectivity index (χ2v) is 8.49. The first-order chi connectivity index (χ1) is 12.4. The molecule has 3 N–H and O–H groups in total. The Morgan fingerprint density at radius 2 is 1.70 bits per heavy atom. The maximum absolute atomic E-state index is 12.7. The molecule has 0 unspecified atom stereocenters. The molecule has 0 bridgehead atoms. The van der Waals surface area contributed by atoms with E-state index in [0.717, 1.165) is 5.56 Å². The van der Waals surface area contributed by atoms with Crippen molar-refractivity contribution in [3.05, 3.63) is 59.2 Å². The van der Waals surface area contributed by atoms with Crippen LogP contribution in [-0.4, -0.2) is 30.9 Å². The van der Waals surface area contributed by atoms with E-state index in [4.69, 9.17) is 5.11 Å². The second kappa shape index (κ2) is 7.40. The molecule has 0 spiro atoms.